The lowest BCUT2D eigenvalue weighted by molar-refractivity contribution is 0.0907. The van der Waals surface area contributed by atoms with Gasteiger partial charge in [0.25, 0.3) is 5.91 Å². The van der Waals surface area contributed by atoms with Gasteiger partial charge in [-0.15, -0.1) is 11.6 Å². The molecule has 2 atom stereocenters. The SMILES string of the molecule is Cc1cc(C(=O)NC2CCCCC2CCl)c(F)cc1F. The smallest absolute Gasteiger partial charge is 0.254 e. The zero-order chi connectivity index (χ0) is 14.7. The van der Waals surface area contributed by atoms with E-state index in [2.05, 4.69) is 5.32 Å². The lowest BCUT2D eigenvalue weighted by Gasteiger charge is -2.30. The fourth-order valence-electron chi connectivity index (χ4n) is 2.66. The molecule has 1 amide bonds. The minimum atomic E-state index is -0.830. The van der Waals surface area contributed by atoms with Crippen LogP contribution in [0.3, 0.4) is 0 Å². The molecule has 0 bridgehead atoms. The van der Waals surface area contributed by atoms with Crippen LogP contribution in [0.15, 0.2) is 12.1 Å². The first-order chi connectivity index (χ1) is 9.52. The number of benzene rings is 1. The van der Waals surface area contributed by atoms with Crippen LogP contribution >= 0.6 is 11.6 Å². The maximum absolute atomic E-state index is 13.7. The molecule has 5 heteroatoms. The predicted octanol–water partition coefficient (Wildman–Crippen LogP) is 3.80. The number of carbonyl (C=O) groups is 1. The first kappa shape index (κ1) is 15.2. The molecule has 2 nitrogen and oxygen atoms in total. The van der Waals surface area contributed by atoms with E-state index in [1.807, 2.05) is 0 Å². The predicted molar refractivity (Wildman–Crippen MR) is 75.0 cm³/mol. The summed E-state index contributed by atoms with van der Waals surface area (Å²) in [4.78, 5) is 12.1. The van der Waals surface area contributed by atoms with E-state index < -0.39 is 17.5 Å². The summed E-state index contributed by atoms with van der Waals surface area (Å²) in [5.74, 6) is -1.26. The fraction of sp³-hybridized carbons (Fsp3) is 0.533. The second-order valence-corrected chi connectivity index (χ2v) is 5.67. The molecule has 0 saturated heterocycles. The summed E-state index contributed by atoms with van der Waals surface area (Å²) in [5, 5.41) is 2.84. The number of carbonyl (C=O) groups excluding carboxylic acids is 1. The monoisotopic (exact) mass is 301 g/mol. The molecule has 1 aromatic rings. The topological polar surface area (TPSA) is 29.1 Å². The third kappa shape index (κ3) is 3.29. The van der Waals surface area contributed by atoms with Gasteiger partial charge in [-0.05, 0) is 37.3 Å². The van der Waals surface area contributed by atoms with E-state index in [1.165, 1.54) is 13.0 Å². The highest BCUT2D eigenvalue weighted by molar-refractivity contribution is 6.18. The van der Waals surface area contributed by atoms with Crippen LogP contribution in [0.25, 0.3) is 0 Å². The summed E-state index contributed by atoms with van der Waals surface area (Å²) in [5.41, 5.74) is 0.150. The van der Waals surface area contributed by atoms with Crippen molar-refractivity contribution in [3.63, 3.8) is 0 Å². The van der Waals surface area contributed by atoms with Crippen LogP contribution in [0.5, 0.6) is 0 Å². The van der Waals surface area contributed by atoms with Crippen LogP contribution in [0.4, 0.5) is 8.78 Å². The van der Waals surface area contributed by atoms with E-state index in [9.17, 15) is 13.6 Å². The number of rotatable bonds is 3. The largest absolute Gasteiger partial charge is 0.349 e. The van der Waals surface area contributed by atoms with Crippen LogP contribution in [0.2, 0.25) is 0 Å². The van der Waals surface area contributed by atoms with Crippen molar-refractivity contribution in [2.75, 3.05) is 5.88 Å². The Morgan fingerprint density at radius 2 is 2.00 bits per heavy atom. The molecule has 2 rings (SSSR count). The van der Waals surface area contributed by atoms with Gasteiger partial charge in [0.05, 0.1) is 5.56 Å². The second kappa shape index (κ2) is 6.53. The number of hydrogen-bond acceptors (Lipinski definition) is 1. The van der Waals surface area contributed by atoms with Gasteiger partial charge in [-0.3, -0.25) is 4.79 Å². The highest BCUT2D eigenvalue weighted by atomic mass is 35.5. The van der Waals surface area contributed by atoms with Gasteiger partial charge < -0.3 is 5.32 Å². The zero-order valence-electron chi connectivity index (χ0n) is 11.4. The molecule has 2 unspecified atom stereocenters. The molecular weight excluding hydrogens is 284 g/mol. The van der Waals surface area contributed by atoms with Gasteiger partial charge in [0.2, 0.25) is 0 Å². The Morgan fingerprint density at radius 1 is 1.30 bits per heavy atom. The van der Waals surface area contributed by atoms with Crippen molar-refractivity contribution in [2.24, 2.45) is 5.92 Å². The third-order valence-electron chi connectivity index (χ3n) is 3.92. The second-order valence-electron chi connectivity index (χ2n) is 5.36. The number of halogens is 3. The number of alkyl halides is 1. The van der Waals surface area contributed by atoms with E-state index in [1.54, 1.807) is 0 Å². The van der Waals surface area contributed by atoms with Crippen LogP contribution in [-0.4, -0.2) is 17.8 Å². The minimum absolute atomic E-state index is 0.0292. The normalized spacial score (nSPS) is 22.6. The van der Waals surface area contributed by atoms with Gasteiger partial charge in [-0.2, -0.15) is 0 Å². The molecule has 0 aliphatic heterocycles. The Morgan fingerprint density at radius 3 is 2.70 bits per heavy atom. The molecule has 1 N–H and O–H groups in total. The molecule has 1 fully saturated rings. The summed E-state index contributed by atoms with van der Waals surface area (Å²) in [6.45, 7) is 1.51. The zero-order valence-corrected chi connectivity index (χ0v) is 12.1. The van der Waals surface area contributed by atoms with E-state index >= 15 is 0 Å². The quantitative estimate of drug-likeness (QED) is 0.845. The van der Waals surface area contributed by atoms with Crippen LogP contribution in [0.1, 0.15) is 41.6 Å². The number of nitrogens with one attached hydrogen (secondary N) is 1. The Labute approximate surface area is 122 Å². The number of hydrogen-bond donors (Lipinski definition) is 1. The van der Waals surface area contributed by atoms with Gasteiger partial charge in [0.1, 0.15) is 11.6 Å². The Hall–Kier alpha value is -1.16. The van der Waals surface area contributed by atoms with E-state index in [4.69, 9.17) is 11.6 Å². The number of amides is 1. The summed E-state index contributed by atoms with van der Waals surface area (Å²) >= 11 is 5.91. The molecule has 1 aromatic carbocycles. The highest BCUT2D eigenvalue weighted by Gasteiger charge is 2.27. The Balaban J connectivity index is 2.13. The molecular formula is C15H18ClF2NO. The van der Waals surface area contributed by atoms with Gasteiger partial charge in [0, 0.05) is 18.0 Å². The molecule has 110 valence electrons. The standard InChI is InChI=1S/C15H18ClF2NO/c1-9-6-11(13(18)7-12(9)17)15(20)19-14-5-3-2-4-10(14)8-16/h6-7,10,14H,2-5,8H2,1H3,(H,19,20). The van der Waals surface area contributed by atoms with Gasteiger partial charge >= 0.3 is 0 Å². The van der Waals surface area contributed by atoms with E-state index in [0.29, 0.717) is 5.88 Å². The fourth-order valence-corrected chi connectivity index (χ4v) is 3.03. The number of aryl methyl sites for hydroxylation is 1. The highest BCUT2D eigenvalue weighted by Crippen LogP contribution is 2.26. The van der Waals surface area contributed by atoms with Crippen LogP contribution in [0, 0.1) is 24.5 Å². The maximum atomic E-state index is 13.7. The summed E-state index contributed by atoms with van der Waals surface area (Å²) in [6, 6.07) is 1.97. The van der Waals surface area contributed by atoms with Crippen molar-refractivity contribution in [1.29, 1.82) is 0 Å². The van der Waals surface area contributed by atoms with Crippen LogP contribution in [-0.2, 0) is 0 Å². The molecule has 0 radical (unpaired) electrons. The van der Waals surface area contributed by atoms with Crippen molar-refractivity contribution in [2.45, 2.75) is 38.6 Å². The Bertz CT molecular complexity index is 507. The van der Waals surface area contributed by atoms with Gasteiger partial charge in [-0.1, -0.05) is 12.8 Å². The first-order valence-electron chi connectivity index (χ1n) is 6.85. The van der Waals surface area contributed by atoms with Crippen molar-refractivity contribution in [1.82, 2.24) is 5.32 Å². The minimum Gasteiger partial charge on any atom is -0.349 e. The van der Waals surface area contributed by atoms with Gasteiger partial charge in [0.15, 0.2) is 0 Å². The molecule has 0 spiro atoms. The average Bonchev–Trinajstić information content (AvgIpc) is 2.43. The van der Waals surface area contributed by atoms with Crippen molar-refractivity contribution in [3.05, 3.63) is 34.9 Å². The van der Waals surface area contributed by atoms with E-state index in [-0.39, 0.29) is 23.1 Å². The summed E-state index contributed by atoms with van der Waals surface area (Å²) in [6.07, 6.45) is 3.96. The first-order valence-corrected chi connectivity index (χ1v) is 7.39. The lowest BCUT2D eigenvalue weighted by atomic mass is 9.85. The summed E-state index contributed by atoms with van der Waals surface area (Å²) in [7, 11) is 0. The van der Waals surface area contributed by atoms with Crippen molar-refractivity contribution in [3.8, 4) is 0 Å². The van der Waals surface area contributed by atoms with Gasteiger partial charge in [-0.25, -0.2) is 8.78 Å². The molecule has 0 aromatic heterocycles. The van der Waals surface area contributed by atoms with E-state index in [0.717, 1.165) is 31.7 Å². The molecule has 1 aliphatic rings. The average molecular weight is 302 g/mol. The maximum Gasteiger partial charge on any atom is 0.254 e. The lowest BCUT2D eigenvalue weighted by Crippen LogP contribution is -2.43. The molecule has 20 heavy (non-hydrogen) atoms. The van der Waals surface area contributed by atoms with Crippen molar-refractivity contribution >= 4 is 17.5 Å². The molecule has 1 aliphatic carbocycles. The molecule has 0 heterocycles. The Kier molecular flexibility index (Phi) is 4.97. The van der Waals surface area contributed by atoms with Crippen molar-refractivity contribution < 1.29 is 13.6 Å². The molecule has 1 saturated carbocycles. The van der Waals surface area contributed by atoms with Crippen LogP contribution < -0.4 is 5.32 Å². The summed E-state index contributed by atoms with van der Waals surface area (Å²) < 4.78 is 26.9. The third-order valence-corrected chi connectivity index (χ3v) is 4.31.